The van der Waals surface area contributed by atoms with Crippen LogP contribution in [0, 0.1) is 0 Å². The van der Waals surface area contributed by atoms with E-state index in [1.807, 2.05) is 37.3 Å². The van der Waals surface area contributed by atoms with Gasteiger partial charge >= 0.3 is 6.09 Å². The van der Waals surface area contributed by atoms with E-state index in [9.17, 15) is 9.90 Å². The van der Waals surface area contributed by atoms with Gasteiger partial charge in [0.15, 0.2) is 0 Å². The zero-order valence-electron chi connectivity index (χ0n) is 11.9. The molecule has 1 amide bonds. The lowest BCUT2D eigenvalue weighted by Gasteiger charge is -2.32. The number of ether oxygens (including phenoxy) is 1. The van der Waals surface area contributed by atoms with Crippen LogP contribution in [0.5, 0.6) is 0 Å². The van der Waals surface area contributed by atoms with Crippen LogP contribution >= 0.6 is 0 Å². The molecule has 0 bridgehead atoms. The number of piperazine rings is 1. The van der Waals surface area contributed by atoms with Crippen LogP contribution in [0.2, 0.25) is 0 Å². The van der Waals surface area contributed by atoms with Gasteiger partial charge < -0.3 is 14.7 Å². The van der Waals surface area contributed by atoms with Crippen molar-refractivity contribution in [2.24, 2.45) is 0 Å². The first-order chi connectivity index (χ1) is 9.70. The Balaban J connectivity index is 1.78. The molecule has 110 valence electrons. The van der Waals surface area contributed by atoms with Crippen LogP contribution in [0.15, 0.2) is 30.3 Å². The number of hydrogen-bond acceptors (Lipinski definition) is 3. The molecule has 2 N–H and O–H groups in total. The molecule has 1 fully saturated rings. The maximum absolute atomic E-state index is 11.6. The second kappa shape index (κ2) is 7.26. The number of benzene rings is 1. The van der Waals surface area contributed by atoms with Gasteiger partial charge in [0.2, 0.25) is 0 Å². The topological polar surface area (TPSA) is 54.2 Å². The molecule has 0 unspecified atom stereocenters. The Bertz CT molecular complexity index is 416. The Morgan fingerprint density at radius 1 is 1.35 bits per heavy atom. The molecule has 1 atom stereocenters. The fraction of sp³-hybridized carbons (Fsp3) is 0.533. The van der Waals surface area contributed by atoms with Crippen molar-refractivity contribution in [1.29, 1.82) is 0 Å². The third-order valence-electron chi connectivity index (χ3n) is 3.66. The number of carbonyl (C=O) groups is 1. The molecule has 0 aromatic heterocycles. The average molecular weight is 279 g/mol. The van der Waals surface area contributed by atoms with Crippen molar-refractivity contribution >= 4 is 6.09 Å². The van der Waals surface area contributed by atoms with Crippen molar-refractivity contribution in [2.75, 3.05) is 39.3 Å². The first kappa shape index (κ1) is 14.8. The van der Waals surface area contributed by atoms with Crippen molar-refractivity contribution in [3.05, 3.63) is 35.9 Å². The molecule has 1 aliphatic rings. The number of amides is 1. The monoisotopic (exact) mass is 279 g/mol. The minimum Gasteiger partial charge on any atom is -0.450 e. The lowest BCUT2D eigenvalue weighted by molar-refractivity contribution is -0.907. The molecule has 0 aliphatic carbocycles. The van der Waals surface area contributed by atoms with Gasteiger partial charge in [-0.15, -0.1) is 0 Å². The molecule has 20 heavy (non-hydrogen) atoms. The molecule has 0 saturated carbocycles. The van der Waals surface area contributed by atoms with Crippen LogP contribution in [-0.2, 0) is 4.74 Å². The summed E-state index contributed by atoms with van der Waals surface area (Å²) in [5.41, 5.74) is 0.952. The lowest BCUT2D eigenvalue weighted by Crippen LogP contribution is -3.15. The summed E-state index contributed by atoms with van der Waals surface area (Å²) < 4.78 is 5.00. The molecule has 1 aromatic carbocycles. The summed E-state index contributed by atoms with van der Waals surface area (Å²) in [5, 5.41) is 10.2. The smallest absolute Gasteiger partial charge is 0.410 e. The van der Waals surface area contributed by atoms with E-state index < -0.39 is 6.10 Å². The molecule has 1 heterocycles. The predicted molar refractivity (Wildman–Crippen MR) is 75.6 cm³/mol. The Labute approximate surface area is 119 Å². The molecule has 0 radical (unpaired) electrons. The Kier molecular flexibility index (Phi) is 5.38. The summed E-state index contributed by atoms with van der Waals surface area (Å²) in [6, 6.07) is 9.71. The molecular weight excluding hydrogens is 256 g/mol. The van der Waals surface area contributed by atoms with Crippen LogP contribution in [0.3, 0.4) is 0 Å². The van der Waals surface area contributed by atoms with E-state index in [0.29, 0.717) is 26.2 Å². The number of nitrogens with one attached hydrogen (secondary N) is 1. The largest absolute Gasteiger partial charge is 0.450 e. The zero-order valence-corrected chi connectivity index (χ0v) is 11.9. The summed E-state index contributed by atoms with van der Waals surface area (Å²) in [6.45, 7) is 5.99. The minimum atomic E-state index is -0.444. The van der Waals surface area contributed by atoms with Crippen molar-refractivity contribution < 1.29 is 19.5 Å². The highest BCUT2D eigenvalue weighted by Gasteiger charge is 2.26. The second-order valence-corrected chi connectivity index (χ2v) is 5.07. The van der Waals surface area contributed by atoms with E-state index >= 15 is 0 Å². The number of nitrogens with zero attached hydrogens (tertiary/aromatic N) is 1. The van der Waals surface area contributed by atoms with Gasteiger partial charge in [0.25, 0.3) is 0 Å². The molecule has 5 nitrogen and oxygen atoms in total. The van der Waals surface area contributed by atoms with Gasteiger partial charge in [-0.3, -0.25) is 4.90 Å². The van der Waals surface area contributed by atoms with Gasteiger partial charge in [-0.2, -0.15) is 0 Å². The zero-order chi connectivity index (χ0) is 14.4. The third-order valence-corrected chi connectivity index (χ3v) is 3.66. The van der Waals surface area contributed by atoms with Gasteiger partial charge in [0, 0.05) is 0 Å². The quantitative estimate of drug-likeness (QED) is 0.820. The second-order valence-electron chi connectivity index (χ2n) is 5.07. The Morgan fingerprint density at radius 3 is 2.60 bits per heavy atom. The molecule has 0 spiro atoms. The molecule has 1 aliphatic heterocycles. The SMILES string of the molecule is CCOC(=O)N1CC[NH+](C[C@H](O)c2ccccc2)CC1. The molecule has 2 rings (SSSR count). The molecule has 5 heteroatoms. The maximum Gasteiger partial charge on any atom is 0.410 e. The van der Waals surface area contributed by atoms with Gasteiger partial charge in [0.1, 0.15) is 12.6 Å². The van der Waals surface area contributed by atoms with Crippen LogP contribution in [-0.4, -0.2) is 55.4 Å². The summed E-state index contributed by atoms with van der Waals surface area (Å²) in [7, 11) is 0. The Morgan fingerprint density at radius 2 is 2.00 bits per heavy atom. The first-order valence-corrected chi connectivity index (χ1v) is 7.19. The van der Waals surface area contributed by atoms with Crippen LogP contribution in [0.25, 0.3) is 0 Å². The summed E-state index contributed by atoms with van der Waals surface area (Å²) in [5.74, 6) is 0. The maximum atomic E-state index is 11.6. The predicted octanol–water partition coefficient (Wildman–Crippen LogP) is 0.0770. The van der Waals surface area contributed by atoms with Crippen molar-refractivity contribution in [3.63, 3.8) is 0 Å². The van der Waals surface area contributed by atoms with Crippen LogP contribution in [0.1, 0.15) is 18.6 Å². The lowest BCUT2D eigenvalue weighted by atomic mass is 10.1. The van der Waals surface area contributed by atoms with Gasteiger partial charge in [-0.25, -0.2) is 4.79 Å². The fourth-order valence-electron chi connectivity index (χ4n) is 2.49. The standard InChI is InChI=1S/C15H22N2O3/c1-2-20-15(19)17-10-8-16(9-11-17)12-14(18)13-6-4-3-5-7-13/h3-7,14,18H,2,8-12H2,1H3/p+1/t14-/m0/s1. The van der Waals surface area contributed by atoms with E-state index in [4.69, 9.17) is 4.74 Å². The van der Waals surface area contributed by atoms with Crippen LogP contribution < -0.4 is 4.90 Å². The third kappa shape index (κ3) is 3.95. The van der Waals surface area contributed by atoms with Gasteiger partial charge in [-0.1, -0.05) is 30.3 Å². The fourth-order valence-corrected chi connectivity index (χ4v) is 2.49. The normalized spacial score (nSPS) is 17.8. The summed E-state index contributed by atoms with van der Waals surface area (Å²) >= 11 is 0. The molecular formula is C15H23N2O3+. The number of hydrogen-bond donors (Lipinski definition) is 2. The van der Waals surface area contributed by atoms with E-state index in [1.165, 1.54) is 4.90 Å². The number of aliphatic hydroxyl groups is 1. The minimum absolute atomic E-state index is 0.227. The van der Waals surface area contributed by atoms with Gasteiger partial charge in [-0.05, 0) is 12.5 Å². The number of carbonyl (C=O) groups excluding carboxylic acids is 1. The van der Waals surface area contributed by atoms with E-state index in [0.717, 1.165) is 18.7 Å². The van der Waals surface area contributed by atoms with Crippen molar-refractivity contribution in [2.45, 2.75) is 13.0 Å². The number of rotatable bonds is 4. The van der Waals surface area contributed by atoms with Crippen molar-refractivity contribution in [1.82, 2.24) is 4.90 Å². The highest BCUT2D eigenvalue weighted by molar-refractivity contribution is 5.67. The van der Waals surface area contributed by atoms with Gasteiger partial charge in [0.05, 0.1) is 32.8 Å². The number of aliphatic hydroxyl groups excluding tert-OH is 1. The van der Waals surface area contributed by atoms with E-state index in [1.54, 1.807) is 4.90 Å². The highest BCUT2D eigenvalue weighted by Crippen LogP contribution is 2.09. The summed E-state index contributed by atoms with van der Waals surface area (Å²) in [6.07, 6.45) is -0.671. The summed E-state index contributed by atoms with van der Waals surface area (Å²) in [4.78, 5) is 14.7. The van der Waals surface area contributed by atoms with E-state index in [2.05, 4.69) is 0 Å². The molecule has 1 saturated heterocycles. The average Bonchev–Trinajstić information content (AvgIpc) is 2.49. The molecule has 1 aromatic rings. The first-order valence-electron chi connectivity index (χ1n) is 7.19. The van der Waals surface area contributed by atoms with Crippen LogP contribution in [0.4, 0.5) is 4.79 Å². The highest BCUT2D eigenvalue weighted by atomic mass is 16.6. The van der Waals surface area contributed by atoms with Crippen molar-refractivity contribution in [3.8, 4) is 0 Å². The Hall–Kier alpha value is -1.59. The number of quaternary nitrogens is 1. The van der Waals surface area contributed by atoms with E-state index in [-0.39, 0.29) is 6.09 Å².